The van der Waals surface area contributed by atoms with E-state index in [4.69, 9.17) is 0 Å². The Hall–Kier alpha value is -2.02. The zero-order valence-electron chi connectivity index (χ0n) is 9.88. The predicted molar refractivity (Wildman–Crippen MR) is 72.2 cm³/mol. The summed E-state index contributed by atoms with van der Waals surface area (Å²) in [6, 6.07) is 6.56. The van der Waals surface area contributed by atoms with Crippen molar-refractivity contribution in [3.05, 3.63) is 24.3 Å². The molecule has 1 saturated heterocycles. The molecule has 2 aliphatic rings. The van der Waals surface area contributed by atoms with Gasteiger partial charge in [-0.3, -0.25) is 19.3 Å². The molecule has 2 N–H and O–H groups in total. The van der Waals surface area contributed by atoms with Crippen LogP contribution in [-0.4, -0.2) is 35.4 Å². The molecular formula is C12H11N3O3S. The second-order valence-electron chi connectivity index (χ2n) is 4.29. The number of hydrogen-bond acceptors (Lipinski definition) is 4. The zero-order chi connectivity index (χ0) is 13.4. The Labute approximate surface area is 113 Å². The Morgan fingerprint density at radius 3 is 2.84 bits per heavy atom. The van der Waals surface area contributed by atoms with E-state index in [-0.39, 0.29) is 23.6 Å². The minimum Gasteiger partial charge on any atom is -0.334 e. The normalized spacial score (nSPS) is 21.7. The van der Waals surface area contributed by atoms with Crippen molar-refractivity contribution in [2.24, 2.45) is 0 Å². The molecule has 1 aromatic carbocycles. The second kappa shape index (κ2) is 4.58. The van der Waals surface area contributed by atoms with Crippen LogP contribution in [0.2, 0.25) is 0 Å². The van der Waals surface area contributed by atoms with E-state index >= 15 is 0 Å². The quantitative estimate of drug-likeness (QED) is 0.795. The summed E-state index contributed by atoms with van der Waals surface area (Å²) < 4.78 is 0. The number of thioether (sulfide) groups is 1. The molecule has 1 fully saturated rings. The highest BCUT2D eigenvalue weighted by atomic mass is 32.2. The molecule has 0 saturated carbocycles. The van der Waals surface area contributed by atoms with Crippen LogP contribution in [0, 0.1) is 0 Å². The van der Waals surface area contributed by atoms with Crippen molar-refractivity contribution < 1.29 is 14.4 Å². The van der Waals surface area contributed by atoms with Crippen molar-refractivity contribution in [1.29, 1.82) is 0 Å². The molecular weight excluding hydrogens is 266 g/mol. The van der Waals surface area contributed by atoms with Gasteiger partial charge in [0.25, 0.3) is 11.1 Å². The van der Waals surface area contributed by atoms with Crippen molar-refractivity contribution in [1.82, 2.24) is 5.32 Å². The fourth-order valence-electron chi connectivity index (χ4n) is 2.14. The lowest BCUT2D eigenvalue weighted by Gasteiger charge is -2.30. The minimum atomic E-state index is -0.559. The standard InChI is InChI=1S/C12H11N3O3S/c16-10-5-15(9-4-2-1-3-7(9)13-10)11(17)8-6-19-12(18)14-8/h1-4,8H,5-6H2,(H,13,16)(H,14,18). The number of fused-ring (bicyclic) bond motifs is 1. The molecule has 1 unspecified atom stereocenters. The first-order chi connectivity index (χ1) is 9.15. The number of anilines is 2. The van der Waals surface area contributed by atoms with Crippen molar-refractivity contribution in [2.75, 3.05) is 22.5 Å². The van der Waals surface area contributed by atoms with Crippen LogP contribution in [-0.2, 0) is 9.59 Å². The summed E-state index contributed by atoms with van der Waals surface area (Å²) in [5.74, 6) is -0.0810. The number of carbonyl (C=O) groups is 3. The van der Waals surface area contributed by atoms with Crippen LogP contribution >= 0.6 is 11.8 Å². The third-order valence-electron chi connectivity index (χ3n) is 3.01. The van der Waals surface area contributed by atoms with E-state index in [9.17, 15) is 14.4 Å². The van der Waals surface area contributed by atoms with Crippen molar-refractivity contribution in [3.8, 4) is 0 Å². The summed E-state index contributed by atoms with van der Waals surface area (Å²) in [6.07, 6.45) is 0. The Balaban J connectivity index is 1.90. The van der Waals surface area contributed by atoms with E-state index in [2.05, 4.69) is 10.6 Å². The van der Waals surface area contributed by atoms with Gasteiger partial charge >= 0.3 is 0 Å². The summed E-state index contributed by atoms with van der Waals surface area (Å²) in [5, 5.41) is 5.12. The second-order valence-corrected chi connectivity index (χ2v) is 5.28. The molecule has 1 atom stereocenters. The third kappa shape index (κ3) is 2.17. The third-order valence-corrected chi connectivity index (χ3v) is 3.89. The maximum atomic E-state index is 12.4. The minimum absolute atomic E-state index is 0.0209. The maximum absolute atomic E-state index is 12.4. The van der Waals surface area contributed by atoms with Crippen LogP contribution in [0.5, 0.6) is 0 Å². The van der Waals surface area contributed by atoms with E-state index in [1.807, 2.05) is 0 Å². The number of amides is 3. The molecule has 0 spiro atoms. The average Bonchev–Trinajstić information content (AvgIpc) is 2.83. The SMILES string of the molecule is O=C1CN(C(=O)C2CSC(=O)N2)c2ccccc2N1. The summed E-state index contributed by atoms with van der Waals surface area (Å²) in [4.78, 5) is 36.6. The Morgan fingerprint density at radius 2 is 2.11 bits per heavy atom. The van der Waals surface area contributed by atoms with E-state index in [1.165, 1.54) is 4.90 Å². The highest BCUT2D eigenvalue weighted by molar-refractivity contribution is 8.14. The van der Waals surface area contributed by atoms with Crippen LogP contribution in [0.1, 0.15) is 0 Å². The van der Waals surface area contributed by atoms with Crippen LogP contribution in [0.4, 0.5) is 16.2 Å². The van der Waals surface area contributed by atoms with Gasteiger partial charge in [0.1, 0.15) is 12.6 Å². The van der Waals surface area contributed by atoms with Crippen LogP contribution in [0.3, 0.4) is 0 Å². The lowest BCUT2D eigenvalue weighted by atomic mass is 10.1. The van der Waals surface area contributed by atoms with E-state index in [0.717, 1.165) is 11.8 Å². The highest BCUT2D eigenvalue weighted by Gasteiger charge is 2.35. The molecule has 7 heteroatoms. The fourth-order valence-corrected chi connectivity index (χ4v) is 2.91. The number of para-hydroxylation sites is 2. The first-order valence-corrected chi connectivity index (χ1v) is 6.77. The molecule has 1 aromatic rings. The van der Waals surface area contributed by atoms with Crippen molar-refractivity contribution >= 4 is 40.2 Å². The lowest BCUT2D eigenvalue weighted by molar-refractivity contribution is -0.122. The van der Waals surface area contributed by atoms with E-state index < -0.39 is 6.04 Å². The molecule has 3 amide bonds. The van der Waals surface area contributed by atoms with Gasteiger partial charge in [-0.15, -0.1) is 0 Å². The number of nitrogens with zero attached hydrogens (tertiary/aromatic N) is 1. The van der Waals surface area contributed by atoms with Crippen LogP contribution in [0.25, 0.3) is 0 Å². The summed E-state index contributed by atoms with van der Waals surface area (Å²) in [6.45, 7) is -0.0209. The number of carbonyl (C=O) groups excluding carboxylic acids is 3. The predicted octanol–water partition coefficient (Wildman–Crippen LogP) is 0.797. The Kier molecular flexibility index (Phi) is 2.90. The summed E-state index contributed by atoms with van der Waals surface area (Å²) in [7, 11) is 0. The van der Waals surface area contributed by atoms with Gasteiger partial charge in [-0.1, -0.05) is 23.9 Å². The Morgan fingerprint density at radius 1 is 1.32 bits per heavy atom. The monoisotopic (exact) mass is 277 g/mol. The molecule has 19 heavy (non-hydrogen) atoms. The van der Waals surface area contributed by atoms with Gasteiger partial charge in [-0.25, -0.2) is 0 Å². The number of rotatable bonds is 1. The van der Waals surface area contributed by atoms with Crippen molar-refractivity contribution in [2.45, 2.75) is 6.04 Å². The first-order valence-electron chi connectivity index (χ1n) is 5.79. The largest absolute Gasteiger partial charge is 0.334 e. The topological polar surface area (TPSA) is 78.5 Å². The zero-order valence-corrected chi connectivity index (χ0v) is 10.7. The van der Waals surface area contributed by atoms with E-state index in [0.29, 0.717) is 17.1 Å². The summed E-state index contributed by atoms with van der Waals surface area (Å²) in [5.41, 5.74) is 1.28. The number of nitrogens with one attached hydrogen (secondary N) is 2. The molecule has 3 rings (SSSR count). The van der Waals surface area contributed by atoms with Gasteiger partial charge in [-0.2, -0.15) is 0 Å². The number of hydrogen-bond donors (Lipinski definition) is 2. The van der Waals surface area contributed by atoms with Gasteiger partial charge in [0.05, 0.1) is 11.4 Å². The number of benzene rings is 1. The lowest BCUT2D eigenvalue weighted by Crippen LogP contribution is -2.50. The van der Waals surface area contributed by atoms with Gasteiger partial charge < -0.3 is 10.6 Å². The van der Waals surface area contributed by atoms with E-state index in [1.54, 1.807) is 24.3 Å². The molecule has 2 heterocycles. The average molecular weight is 277 g/mol. The smallest absolute Gasteiger partial charge is 0.279 e. The summed E-state index contributed by atoms with van der Waals surface area (Å²) >= 11 is 1.08. The van der Waals surface area contributed by atoms with Crippen LogP contribution in [0.15, 0.2) is 24.3 Å². The molecule has 0 bridgehead atoms. The molecule has 0 radical (unpaired) electrons. The molecule has 2 aliphatic heterocycles. The molecule has 98 valence electrons. The van der Waals surface area contributed by atoms with Gasteiger partial charge in [0.15, 0.2) is 0 Å². The molecule has 0 aromatic heterocycles. The van der Waals surface area contributed by atoms with Crippen molar-refractivity contribution in [3.63, 3.8) is 0 Å². The van der Waals surface area contributed by atoms with Crippen LogP contribution < -0.4 is 15.5 Å². The Bertz CT molecular complexity index is 575. The molecule has 6 nitrogen and oxygen atoms in total. The fraction of sp³-hybridized carbons (Fsp3) is 0.250. The van der Waals surface area contributed by atoms with Gasteiger partial charge in [0.2, 0.25) is 5.91 Å². The highest BCUT2D eigenvalue weighted by Crippen LogP contribution is 2.30. The maximum Gasteiger partial charge on any atom is 0.279 e. The molecule has 0 aliphatic carbocycles. The first kappa shape index (κ1) is 12.0. The van der Waals surface area contributed by atoms with Gasteiger partial charge in [0, 0.05) is 5.75 Å². The van der Waals surface area contributed by atoms with Gasteiger partial charge in [-0.05, 0) is 12.1 Å².